The van der Waals surface area contributed by atoms with Crippen LogP contribution < -0.4 is 10.9 Å². The van der Waals surface area contributed by atoms with Crippen molar-refractivity contribution in [3.63, 3.8) is 0 Å². The van der Waals surface area contributed by atoms with Crippen molar-refractivity contribution < 1.29 is 23.9 Å². The molecule has 3 heterocycles. The van der Waals surface area contributed by atoms with E-state index in [1.165, 1.54) is 23.5 Å². The second kappa shape index (κ2) is 9.85. The number of nitrogens with one attached hydrogen (secondary N) is 1. The number of nitrogens with zero attached hydrogens (tertiary/aromatic N) is 2. The number of ether oxygens (including phenoxy) is 2. The number of aromatic nitrogens is 2. The summed E-state index contributed by atoms with van der Waals surface area (Å²) >= 11 is 1.38. The highest BCUT2D eigenvalue weighted by Crippen LogP contribution is 2.40. The molecule has 1 atom stereocenters. The molecule has 3 aromatic rings. The Morgan fingerprint density at radius 2 is 2.03 bits per heavy atom. The van der Waals surface area contributed by atoms with Crippen LogP contribution in [0.2, 0.25) is 0 Å². The van der Waals surface area contributed by atoms with Gasteiger partial charge in [-0.25, -0.2) is 14.6 Å². The van der Waals surface area contributed by atoms with Crippen LogP contribution in [0.5, 0.6) is 0 Å². The monoisotopic (exact) mass is 509 g/mol. The number of thiophene rings is 1. The highest BCUT2D eigenvalue weighted by atomic mass is 32.1. The summed E-state index contributed by atoms with van der Waals surface area (Å²) in [6.45, 7) is 4.28. The second-order valence-corrected chi connectivity index (χ2v) is 10.3. The number of carbonyl (C=O) groups excluding carboxylic acids is 3. The molecule has 1 aliphatic carbocycles. The molecule has 0 unspecified atom stereocenters. The van der Waals surface area contributed by atoms with E-state index < -0.39 is 24.5 Å². The van der Waals surface area contributed by atoms with Crippen LogP contribution in [0.3, 0.4) is 0 Å². The molecule has 0 saturated carbocycles. The van der Waals surface area contributed by atoms with E-state index in [1.807, 2.05) is 0 Å². The number of esters is 2. The lowest BCUT2D eigenvalue weighted by atomic mass is 9.88. The zero-order valence-corrected chi connectivity index (χ0v) is 21.0. The van der Waals surface area contributed by atoms with E-state index in [4.69, 9.17) is 9.47 Å². The molecule has 188 valence electrons. The number of aryl methyl sites for hydroxylation is 1. The predicted octanol–water partition coefficient (Wildman–Crippen LogP) is 3.50. The van der Waals surface area contributed by atoms with E-state index in [0.717, 1.165) is 42.5 Å². The summed E-state index contributed by atoms with van der Waals surface area (Å²) in [5, 5.41) is 3.61. The third-order valence-electron chi connectivity index (χ3n) is 6.63. The zero-order valence-electron chi connectivity index (χ0n) is 20.2. The van der Waals surface area contributed by atoms with Crippen LogP contribution in [0.1, 0.15) is 63.7 Å². The topological polar surface area (TPSA) is 117 Å². The molecule has 36 heavy (non-hydrogen) atoms. The molecule has 1 amide bonds. The van der Waals surface area contributed by atoms with Crippen molar-refractivity contribution >= 4 is 45.1 Å². The van der Waals surface area contributed by atoms with Crippen LogP contribution >= 0.6 is 11.3 Å². The average molecular weight is 510 g/mol. The van der Waals surface area contributed by atoms with E-state index >= 15 is 0 Å². The van der Waals surface area contributed by atoms with Gasteiger partial charge in [-0.15, -0.1) is 11.3 Å². The Hall–Kier alpha value is -3.53. The molecule has 0 fully saturated rings. The maximum Gasteiger partial charge on any atom is 0.341 e. The van der Waals surface area contributed by atoms with Gasteiger partial charge >= 0.3 is 11.9 Å². The van der Waals surface area contributed by atoms with Gasteiger partial charge in [-0.05, 0) is 62.3 Å². The summed E-state index contributed by atoms with van der Waals surface area (Å²) in [6.07, 6.45) is 4.16. The molecular formula is C26H27N3O6S. The Balaban J connectivity index is 1.29. The molecule has 5 rings (SSSR count). The minimum Gasteiger partial charge on any atom is -0.462 e. The maximum atomic E-state index is 12.7. The van der Waals surface area contributed by atoms with Crippen LogP contribution in [0.25, 0.3) is 10.9 Å². The first-order valence-electron chi connectivity index (χ1n) is 12.2. The van der Waals surface area contributed by atoms with E-state index in [-0.39, 0.29) is 17.7 Å². The largest absolute Gasteiger partial charge is 0.462 e. The van der Waals surface area contributed by atoms with Gasteiger partial charge in [0.15, 0.2) is 6.61 Å². The lowest BCUT2D eigenvalue weighted by molar-refractivity contribution is -0.119. The van der Waals surface area contributed by atoms with Crippen LogP contribution in [0.15, 0.2) is 23.0 Å². The van der Waals surface area contributed by atoms with Crippen molar-refractivity contribution in [1.29, 1.82) is 0 Å². The van der Waals surface area contributed by atoms with Gasteiger partial charge in [-0.3, -0.25) is 14.2 Å². The van der Waals surface area contributed by atoms with E-state index in [2.05, 4.69) is 17.2 Å². The number of hydrogen-bond acceptors (Lipinski definition) is 8. The third-order valence-corrected chi connectivity index (χ3v) is 7.80. The molecule has 0 bridgehead atoms. The summed E-state index contributed by atoms with van der Waals surface area (Å²) in [6, 6.07) is 4.58. The van der Waals surface area contributed by atoms with Crippen molar-refractivity contribution in [3.05, 3.63) is 55.9 Å². The fourth-order valence-corrected chi connectivity index (χ4v) is 6.26. The SMILES string of the molecule is CCOC(=O)c1c(NC(=O)COC(=O)c2ccc3c(=O)n4c(nc3c2)CCC4)sc2c1CC[C@@H](C)C2. The fourth-order valence-electron chi connectivity index (χ4n) is 4.85. The van der Waals surface area contributed by atoms with Crippen molar-refractivity contribution in [2.45, 2.75) is 52.5 Å². The molecular weight excluding hydrogens is 482 g/mol. The number of anilines is 1. The summed E-state index contributed by atoms with van der Waals surface area (Å²) in [4.78, 5) is 56.1. The Kier molecular flexibility index (Phi) is 6.61. The lowest BCUT2D eigenvalue weighted by Crippen LogP contribution is -2.22. The van der Waals surface area contributed by atoms with Gasteiger partial charge in [-0.2, -0.15) is 0 Å². The fraction of sp³-hybridized carbons (Fsp3) is 0.423. The molecule has 0 radical (unpaired) electrons. The molecule has 2 aliphatic rings. The number of rotatable bonds is 6. The Morgan fingerprint density at radius 1 is 1.19 bits per heavy atom. The van der Waals surface area contributed by atoms with Gasteiger partial charge in [-0.1, -0.05) is 6.92 Å². The first kappa shape index (κ1) is 24.2. The molecule has 1 aromatic carbocycles. The predicted molar refractivity (Wildman–Crippen MR) is 135 cm³/mol. The van der Waals surface area contributed by atoms with Crippen LogP contribution in [-0.4, -0.2) is 40.6 Å². The van der Waals surface area contributed by atoms with Crippen LogP contribution in [0, 0.1) is 5.92 Å². The molecule has 10 heteroatoms. The molecule has 9 nitrogen and oxygen atoms in total. The highest BCUT2D eigenvalue weighted by molar-refractivity contribution is 7.17. The number of fused-ring (bicyclic) bond motifs is 3. The van der Waals surface area contributed by atoms with Crippen molar-refractivity contribution in [3.8, 4) is 0 Å². The standard InChI is InChI=1S/C26H27N3O6S/c1-3-34-26(33)22-17-8-6-14(2)11-19(17)36-23(22)28-21(30)13-35-25(32)15-7-9-16-18(12-15)27-20-5-4-10-29(20)24(16)31/h7,9,12,14H,3-6,8,10-11,13H2,1-2H3,(H,28,30)/t14-/m1/s1. The van der Waals surface area contributed by atoms with Gasteiger partial charge in [0.2, 0.25) is 0 Å². The summed E-state index contributed by atoms with van der Waals surface area (Å²) in [5.41, 5.74) is 1.87. The molecule has 1 N–H and O–H groups in total. The number of carbonyl (C=O) groups is 3. The quantitative estimate of drug-likeness (QED) is 0.506. The Bertz CT molecular complexity index is 1440. The number of hydrogen-bond donors (Lipinski definition) is 1. The van der Waals surface area contributed by atoms with Gasteiger partial charge in [0, 0.05) is 17.8 Å². The van der Waals surface area contributed by atoms with E-state index in [1.54, 1.807) is 17.6 Å². The first-order valence-corrected chi connectivity index (χ1v) is 13.0. The summed E-state index contributed by atoms with van der Waals surface area (Å²) in [5.74, 6) is -0.481. The van der Waals surface area contributed by atoms with Crippen molar-refractivity contribution in [2.24, 2.45) is 5.92 Å². The summed E-state index contributed by atoms with van der Waals surface area (Å²) in [7, 11) is 0. The smallest absolute Gasteiger partial charge is 0.341 e. The first-order chi connectivity index (χ1) is 17.4. The number of benzene rings is 1. The summed E-state index contributed by atoms with van der Waals surface area (Å²) < 4.78 is 12.1. The van der Waals surface area contributed by atoms with Gasteiger partial charge in [0.05, 0.1) is 28.6 Å². The Morgan fingerprint density at radius 3 is 2.83 bits per heavy atom. The van der Waals surface area contributed by atoms with Crippen molar-refractivity contribution in [1.82, 2.24) is 9.55 Å². The lowest BCUT2D eigenvalue weighted by Gasteiger charge is -2.18. The minimum absolute atomic E-state index is 0.114. The molecule has 2 aromatic heterocycles. The van der Waals surface area contributed by atoms with Crippen LogP contribution in [-0.2, 0) is 40.1 Å². The van der Waals surface area contributed by atoms with Gasteiger partial charge in [0.25, 0.3) is 11.5 Å². The molecule has 1 aliphatic heterocycles. The maximum absolute atomic E-state index is 12.7. The second-order valence-electron chi connectivity index (χ2n) is 9.22. The third kappa shape index (κ3) is 4.53. The van der Waals surface area contributed by atoms with E-state index in [9.17, 15) is 19.2 Å². The average Bonchev–Trinajstić information content (AvgIpc) is 3.46. The normalized spacial score (nSPS) is 16.3. The zero-order chi connectivity index (χ0) is 25.4. The Labute approximate surface area is 211 Å². The van der Waals surface area contributed by atoms with E-state index in [0.29, 0.717) is 39.8 Å². The number of amides is 1. The molecule has 0 saturated heterocycles. The van der Waals surface area contributed by atoms with Crippen molar-refractivity contribution in [2.75, 3.05) is 18.5 Å². The van der Waals surface area contributed by atoms with Crippen LogP contribution in [0.4, 0.5) is 5.00 Å². The van der Waals surface area contributed by atoms with Gasteiger partial charge in [0.1, 0.15) is 10.8 Å². The minimum atomic E-state index is -0.695. The highest BCUT2D eigenvalue weighted by Gasteiger charge is 2.29. The molecule has 0 spiro atoms. The van der Waals surface area contributed by atoms with Gasteiger partial charge < -0.3 is 14.8 Å².